The molecule has 1 rings (SSSR count). The van der Waals surface area contributed by atoms with Crippen molar-refractivity contribution in [1.29, 1.82) is 0 Å². The van der Waals surface area contributed by atoms with Crippen LogP contribution in [-0.4, -0.2) is 52.6 Å². The Balaban J connectivity index is 2.48. The van der Waals surface area contributed by atoms with Crippen LogP contribution >= 0.6 is 0 Å². The van der Waals surface area contributed by atoms with Gasteiger partial charge in [-0.15, -0.1) is 0 Å². The van der Waals surface area contributed by atoms with Gasteiger partial charge in [0.2, 0.25) is 0 Å². The predicted molar refractivity (Wildman–Crippen MR) is 65.9 cm³/mol. The molecule has 1 saturated heterocycles. The highest BCUT2D eigenvalue weighted by molar-refractivity contribution is 5.77. The molecule has 0 aliphatic carbocycles. The highest BCUT2D eigenvalue weighted by Crippen LogP contribution is 2.26. The first kappa shape index (κ1) is 14.8. The molecule has 0 aromatic carbocycles. The fourth-order valence-corrected chi connectivity index (χ4v) is 1.52. The molecule has 3 N–H and O–H groups in total. The Morgan fingerprint density at radius 1 is 1.44 bits per heavy atom. The number of carbonyl (C=O) groups is 1. The fourth-order valence-electron chi connectivity index (χ4n) is 1.52. The second-order valence-electron chi connectivity index (χ2n) is 3.97. The van der Waals surface area contributed by atoms with Gasteiger partial charge in [0.1, 0.15) is 30.7 Å². The number of hydrogen-bond donors (Lipinski definition) is 3. The van der Waals surface area contributed by atoms with Crippen LogP contribution in [0.25, 0.3) is 0 Å². The molecule has 1 heterocycles. The van der Waals surface area contributed by atoms with E-state index < -0.39 is 24.4 Å². The minimum absolute atomic E-state index is 0.172. The number of ether oxygens (including phenoxy) is 1. The van der Waals surface area contributed by atoms with Gasteiger partial charge in [-0.1, -0.05) is 30.4 Å². The number of rotatable bonds is 7. The quantitative estimate of drug-likeness (QED) is 0.252. The molecule has 18 heavy (non-hydrogen) atoms. The zero-order chi connectivity index (χ0) is 13.5. The lowest BCUT2D eigenvalue weighted by Crippen LogP contribution is -2.30. The van der Waals surface area contributed by atoms with Crippen molar-refractivity contribution in [3.05, 3.63) is 36.0 Å². The predicted octanol–water partition coefficient (Wildman–Crippen LogP) is -0.275. The van der Waals surface area contributed by atoms with Crippen LogP contribution in [0.15, 0.2) is 36.0 Å². The Bertz CT molecular complexity index is 358. The third kappa shape index (κ3) is 4.19. The SMILES string of the molecule is C/C=C/C(C=O)=C/C=C/[C@H](O)[C@H](O)[C@@H]1O[C@@H]1CO. The number of aliphatic hydroxyl groups excluding tert-OH is 3. The zero-order valence-electron chi connectivity index (χ0n) is 10.1. The smallest absolute Gasteiger partial charge is 0.150 e. The highest BCUT2D eigenvalue weighted by Gasteiger charge is 2.45. The van der Waals surface area contributed by atoms with Gasteiger partial charge in [0, 0.05) is 5.57 Å². The van der Waals surface area contributed by atoms with Gasteiger partial charge in [-0.05, 0) is 6.92 Å². The molecule has 1 aliphatic heterocycles. The molecule has 0 amide bonds. The first-order chi connectivity index (χ1) is 8.63. The summed E-state index contributed by atoms with van der Waals surface area (Å²) < 4.78 is 4.96. The molecule has 1 aliphatic rings. The van der Waals surface area contributed by atoms with Crippen molar-refractivity contribution < 1.29 is 24.9 Å². The summed E-state index contributed by atoms with van der Waals surface area (Å²) in [4.78, 5) is 10.6. The van der Waals surface area contributed by atoms with E-state index in [0.717, 1.165) is 0 Å². The summed E-state index contributed by atoms with van der Waals surface area (Å²) in [7, 11) is 0. The molecule has 1 fully saturated rings. The zero-order valence-corrected chi connectivity index (χ0v) is 10.1. The number of carbonyl (C=O) groups excluding carboxylic acids is 1. The molecule has 5 heteroatoms. The van der Waals surface area contributed by atoms with Crippen LogP contribution in [0.5, 0.6) is 0 Å². The van der Waals surface area contributed by atoms with E-state index >= 15 is 0 Å². The average Bonchev–Trinajstić information content (AvgIpc) is 3.16. The first-order valence-corrected chi connectivity index (χ1v) is 5.72. The second-order valence-corrected chi connectivity index (χ2v) is 3.97. The lowest BCUT2D eigenvalue weighted by molar-refractivity contribution is -0.104. The van der Waals surface area contributed by atoms with Gasteiger partial charge in [0.05, 0.1) is 6.61 Å². The van der Waals surface area contributed by atoms with E-state index in [0.29, 0.717) is 11.9 Å². The molecule has 0 bridgehead atoms. The molecule has 0 aromatic heterocycles. The standard InChI is InChI=1S/C13H18O5/c1-2-4-9(7-14)5-3-6-10(16)12(17)13-11(8-15)18-13/h2-7,10-13,15-17H,8H2,1H3/b4-2+,6-3+,9-5-/t10-,11+,12-,13+/m0/s1. The molecule has 0 radical (unpaired) electrons. The first-order valence-electron chi connectivity index (χ1n) is 5.72. The third-order valence-electron chi connectivity index (χ3n) is 2.58. The Hall–Kier alpha value is -1.27. The average molecular weight is 254 g/mol. The Morgan fingerprint density at radius 3 is 2.67 bits per heavy atom. The number of aldehydes is 1. The van der Waals surface area contributed by atoms with Crippen LogP contribution < -0.4 is 0 Å². The summed E-state index contributed by atoms with van der Waals surface area (Å²) in [5, 5.41) is 28.0. The van der Waals surface area contributed by atoms with E-state index in [1.54, 1.807) is 19.1 Å². The molecule has 4 atom stereocenters. The van der Waals surface area contributed by atoms with Gasteiger partial charge in [0.25, 0.3) is 0 Å². The van der Waals surface area contributed by atoms with Crippen molar-refractivity contribution in [3.8, 4) is 0 Å². The van der Waals surface area contributed by atoms with Crippen LogP contribution in [0, 0.1) is 0 Å². The second kappa shape index (κ2) is 7.23. The molecular formula is C13H18O5. The van der Waals surface area contributed by atoms with Crippen molar-refractivity contribution in [2.75, 3.05) is 6.61 Å². The largest absolute Gasteiger partial charge is 0.394 e. The van der Waals surface area contributed by atoms with Crippen LogP contribution in [0.1, 0.15) is 6.92 Å². The number of allylic oxidation sites excluding steroid dienone is 5. The summed E-state index contributed by atoms with van der Waals surface area (Å²) in [5.41, 5.74) is 0.464. The van der Waals surface area contributed by atoms with Gasteiger partial charge in [-0.2, -0.15) is 0 Å². The van der Waals surface area contributed by atoms with E-state index in [-0.39, 0.29) is 6.61 Å². The lowest BCUT2D eigenvalue weighted by atomic mass is 10.1. The molecule has 5 nitrogen and oxygen atoms in total. The van der Waals surface area contributed by atoms with Crippen LogP contribution in [-0.2, 0) is 9.53 Å². The minimum Gasteiger partial charge on any atom is -0.394 e. The van der Waals surface area contributed by atoms with Gasteiger partial charge < -0.3 is 20.1 Å². The maximum absolute atomic E-state index is 10.6. The lowest BCUT2D eigenvalue weighted by Gasteiger charge is -2.11. The van der Waals surface area contributed by atoms with Crippen LogP contribution in [0.2, 0.25) is 0 Å². The summed E-state index contributed by atoms with van der Waals surface area (Å²) in [6, 6.07) is 0. The van der Waals surface area contributed by atoms with Crippen molar-refractivity contribution in [1.82, 2.24) is 0 Å². The fraction of sp³-hybridized carbons (Fsp3) is 0.462. The summed E-state index contributed by atoms with van der Waals surface area (Å²) in [5.74, 6) is 0. The van der Waals surface area contributed by atoms with Gasteiger partial charge >= 0.3 is 0 Å². The molecule has 0 unspecified atom stereocenters. The van der Waals surface area contributed by atoms with Crippen molar-refractivity contribution in [2.45, 2.75) is 31.3 Å². The van der Waals surface area contributed by atoms with Crippen LogP contribution in [0.3, 0.4) is 0 Å². The number of hydrogen-bond acceptors (Lipinski definition) is 5. The maximum Gasteiger partial charge on any atom is 0.150 e. The van der Waals surface area contributed by atoms with Crippen LogP contribution in [0.4, 0.5) is 0 Å². The summed E-state index contributed by atoms with van der Waals surface area (Å²) in [6.07, 6.45) is 5.34. The van der Waals surface area contributed by atoms with Crippen molar-refractivity contribution >= 4 is 6.29 Å². The molecule has 0 spiro atoms. The van der Waals surface area contributed by atoms with E-state index in [4.69, 9.17) is 9.84 Å². The normalized spacial score (nSPS) is 27.7. The van der Waals surface area contributed by atoms with Gasteiger partial charge in [-0.25, -0.2) is 0 Å². The Morgan fingerprint density at radius 2 is 2.17 bits per heavy atom. The summed E-state index contributed by atoms with van der Waals surface area (Å²) in [6.45, 7) is 1.62. The Kier molecular flexibility index (Phi) is 5.94. The minimum atomic E-state index is -1.10. The highest BCUT2D eigenvalue weighted by atomic mass is 16.6. The van der Waals surface area contributed by atoms with E-state index in [9.17, 15) is 15.0 Å². The molecule has 0 saturated carbocycles. The van der Waals surface area contributed by atoms with Crippen molar-refractivity contribution in [2.24, 2.45) is 0 Å². The number of aliphatic hydroxyl groups is 3. The van der Waals surface area contributed by atoms with E-state index in [1.807, 2.05) is 0 Å². The monoisotopic (exact) mass is 254 g/mol. The topological polar surface area (TPSA) is 90.3 Å². The number of epoxide rings is 1. The van der Waals surface area contributed by atoms with E-state index in [1.165, 1.54) is 18.2 Å². The Labute approximate surface area is 106 Å². The third-order valence-corrected chi connectivity index (χ3v) is 2.58. The summed E-state index contributed by atoms with van der Waals surface area (Å²) >= 11 is 0. The van der Waals surface area contributed by atoms with Gasteiger partial charge in [-0.3, -0.25) is 4.79 Å². The van der Waals surface area contributed by atoms with E-state index in [2.05, 4.69) is 0 Å². The molecular weight excluding hydrogens is 236 g/mol. The molecule has 100 valence electrons. The molecule has 0 aromatic rings. The maximum atomic E-state index is 10.6. The van der Waals surface area contributed by atoms with Crippen molar-refractivity contribution in [3.63, 3.8) is 0 Å². The van der Waals surface area contributed by atoms with Gasteiger partial charge in [0.15, 0.2) is 0 Å².